The Kier molecular flexibility index (Phi) is 13.3. The Hall–Kier alpha value is -1.75. The lowest BCUT2D eigenvalue weighted by atomic mass is 10.1. The van der Waals surface area contributed by atoms with Gasteiger partial charge in [-0.2, -0.15) is 0 Å². The van der Waals surface area contributed by atoms with Crippen LogP contribution in [0.2, 0.25) is 0 Å². The highest BCUT2D eigenvalue weighted by atomic mass is 127. The number of aliphatic imine (C=N–C) groups is 1. The number of hydrogen-bond acceptors (Lipinski definition) is 5. The molecule has 1 aliphatic heterocycles. The van der Waals surface area contributed by atoms with E-state index in [1.165, 1.54) is 0 Å². The van der Waals surface area contributed by atoms with Crippen LogP contribution in [0.1, 0.15) is 31.7 Å². The highest BCUT2D eigenvalue weighted by Crippen LogP contribution is 2.13. The Morgan fingerprint density at radius 1 is 1.23 bits per heavy atom. The first-order chi connectivity index (χ1) is 14.5. The lowest BCUT2D eigenvalue weighted by Gasteiger charge is -2.32. The number of ether oxygens (including phenoxy) is 2. The van der Waals surface area contributed by atoms with Gasteiger partial charge in [-0.25, -0.2) is 4.79 Å². The third-order valence-electron chi connectivity index (χ3n) is 4.99. The van der Waals surface area contributed by atoms with Crippen LogP contribution in [0.15, 0.2) is 29.3 Å². The number of halogens is 1. The Morgan fingerprint density at radius 3 is 2.48 bits per heavy atom. The molecule has 9 heteroatoms. The van der Waals surface area contributed by atoms with Crippen molar-refractivity contribution in [3.63, 3.8) is 0 Å². The minimum absolute atomic E-state index is 0. The molecule has 0 spiro atoms. The maximum absolute atomic E-state index is 11.8. The summed E-state index contributed by atoms with van der Waals surface area (Å²) in [5.74, 6) is 1.67. The van der Waals surface area contributed by atoms with Crippen molar-refractivity contribution in [2.75, 3.05) is 54.0 Å². The molecule has 1 heterocycles. The van der Waals surface area contributed by atoms with Gasteiger partial charge in [0, 0.05) is 39.3 Å². The molecule has 0 radical (unpaired) electrons. The van der Waals surface area contributed by atoms with Crippen molar-refractivity contribution in [3.05, 3.63) is 29.8 Å². The lowest BCUT2D eigenvalue weighted by Crippen LogP contribution is -2.49. The molecule has 8 nitrogen and oxygen atoms in total. The summed E-state index contributed by atoms with van der Waals surface area (Å²) >= 11 is 0. The topological polar surface area (TPSA) is 78.4 Å². The summed E-state index contributed by atoms with van der Waals surface area (Å²) in [4.78, 5) is 20.0. The molecule has 1 aromatic carbocycles. The van der Waals surface area contributed by atoms with E-state index in [9.17, 15) is 4.79 Å². The predicted octanol–water partition coefficient (Wildman–Crippen LogP) is 2.92. The molecule has 0 aliphatic carbocycles. The molecule has 0 unspecified atom stereocenters. The van der Waals surface area contributed by atoms with Crippen molar-refractivity contribution < 1.29 is 14.3 Å². The summed E-state index contributed by atoms with van der Waals surface area (Å²) < 4.78 is 10.9. The molecule has 0 atom stereocenters. The second kappa shape index (κ2) is 15.1. The van der Waals surface area contributed by atoms with Gasteiger partial charge in [-0.3, -0.25) is 4.99 Å². The second-order valence-electron chi connectivity index (χ2n) is 7.68. The van der Waals surface area contributed by atoms with Gasteiger partial charge in [-0.15, -0.1) is 24.0 Å². The first kappa shape index (κ1) is 27.3. The SMILES string of the molecule is CCOC(=O)N1CCC(NC(=NC)NCc2ccc(OCCCN(C)C)cc2)CC1.I. The van der Waals surface area contributed by atoms with E-state index in [2.05, 4.69) is 46.8 Å². The van der Waals surface area contributed by atoms with Crippen LogP contribution in [-0.2, 0) is 11.3 Å². The molecular formula is C22H38IN5O3. The predicted molar refractivity (Wildman–Crippen MR) is 135 cm³/mol. The monoisotopic (exact) mass is 547 g/mol. The zero-order chi connectivity index (χ0) is 21.8. The average Bonchev–Trinajstić information content (AvgIpc) is 2.75. The van der Waals surface area contributed by atoms with E-state index < -0.39 is 0 Å². The number of carbonyl (C=O) groups is 1. The Labute approximate surface area is 203 Å². The van der Waals surface area contributed by atoms with Crippen molar-refractivity contribution in [1.29, 1.82) is 0 Å². The molecule has 0 saturated carbocycles. The number of guanidine groups is 1. The number of nitrogens with zero attached hydrogens (tertiary/aromatic N) is 3. The molecule has 1 aromatic rings. The van der Waals surface area contributed by atoms with Gasteiger partial charge in [-0.05, 0) is 58.0 Å². The number of hydrogen-bond donors (Lipinski definition) is 2. The van der Waals surface area contributed by atoms with E-state index in [4.69, 9.17) is 9.47 Å². The number of rotatable bonds is 9. The van der Waals surface area contributed by atoms with Gasteiger partial charge in [0.25, 0.3) is 0 Å². The molecule has 0 bridgehead atoms. The molecule has 176 valence electrons. The van der Waals surface area contributed by atoms with E-state index in [0.29, 0.717) is 32.3 Å². The molecule has 1 saturated heterocycles. The normalized spacial score (nSPS) is 14.7. The number of carbonyl (C=O) groups excluding carboxylic acids is 1. The first-order valence-corrected chi connectivity index (χ1v) is 10.8. The summed E-state index contributed by atoms with van der Waals surface area (Å²) in [6.45, 7) is 6.07. The maximum atomic E-state index is 11.8. The van der Waals surface area contributed by atoms with Gasteiger partial charge >= 0.3 is 6.09 Å². The third-order valence-corrected chi connectivity index (χ3v) is 4.99. The van der Waals surface area contributed by atoms with Crippen LogP contribution in [-0.4, -0.2) is 81.9 Å². The van der Waals surface area contributed by atoms with E-state index in [-0.39, 0.29) is 30.1 Å². The van der Waals surface area contributed by atoms with Gasteiger partial charge in [0.1, 0.15) is 5.75 Å². The number of likely N-dealkylation sites (tertiary alicyclic amines) is 1. The fraction of sp³-hybridized carbons (Fsp3) is 0.636. The standard InChI is InChI=1S/C22H37N5O3.HI/c1-5-29-22(28)27-14-11-19(12-15-27)25-21(23-2)24-17-18-7-9-20(10-8-18)30-16-6-13-26(3)4;/h7-10,19H,5-6,11-17H2,1-4H3,(H2,23,24,25);1H. The van der Waals surface area contributed by atoms with Gasteiger partial charge in [0.15, 0.2) is 5.96 Å². The van der Waals surface area contributed by atoms with Crippen molar-refractivity contribution in [2.45, 2.75) is 38.8 Å². The largest absolute Gasteiger partial charge is 0.494 e. The van der Waals surface area contributed by atoms with Gasteiger partial charge in [0.05, 0.1) is 13.2 Å². The highest BCUT2D eigenvalue weighted by molar-refractivity contribution is 14.0. The van der Waals surface area contributed by atoms with Crippen molar-refractivity contribution in [2.24, 2.45) is 4.99 Å². The molecule has 2 rings (SSSR count). The molecule has 2 N–H and O–H groups in total. The van der Waals surface area contributed by atoms with Crippen LogP contribution in [0.25, 0.3) is 0 Å². The van der Waals surface area contributed by atoms with E-state index in [0.717, 1.165) is 49.7 Å². The van der Waals surface area contributed by atoms with Crippen LogP contribution in [0, 0.1) is 0 Å². The Morgan fingerprint density at radius 2 is 1.90 bits per heavy atom. The first-order valence-electron chi connectivity index (χ1n) is 10.8. The van der Waals surface area contributed by atoms with Crippen LogP contribution in [0.4, 0.5) is 4.79 Å². The quantitative estimate of drug-likeness (QED) is 0.214. The van der Waals surface area contributed by atoms with E-state index >= 15 is 0 Å². The molecule has 31 heavy (non-hydrogen) atoms. The summed E-state index contributed by atoms with van der Waals surface area (Å²) in [6, 6.07) is 8.44. The van der Waals surface area contributed by atoms with Crippen molar-refractivity contribution >= 4 is 36.0 Å². The van der Waals surface area contributed by atoms with E-state index in [1.54, 1.807) is 11.9 Å². The zero-order valence-electron chi connectivity index (χ0n) is 19.2. The minimum atomic E-state index is -0.219. The fourth-order valence-corrected chi connectivity index (χ4v) is 3.27. The van der Waals surface area contributed by atoms with Crippen LogP contribution >= 0.6 is 24.0 Å². The Bertz CT molecular complexity index is 662. The van der Waals surface area contributed by atoms with Crippen LogP contribution in [0.3, 0.4) is 0 Å². The second-order valence-corrected chi connectivity index (χ2v) is 7.68. The van der Waals surface area contributed by atoms with Gasteiger partial charge < -0.3 is 29.9 Å². The number of amides is 1. The number of nitrogens with one attached hydrogen (secondary N) is 2. The molecular weight excluding hydrogens is 509 g/mol. The van der Waals surface area contributed by atoms with Crippen molar-refractivity contribution in [3.8, 4) is 5.75 Å². The third kappa shape index (κ3) is 10.4. The summed E-state index contributed by atoms with van der Waals surface area (Å²) in [6.07, 6.45) is 2.54. The van der Waals surface area contributed by atoms with Crippen LogP contribution < -0.4 is 15.4 Å². The lowest BCUT2D eigenvalue weighted by molar-refractivity contribution is 0.0963. The molecule has 1 aliphatic rings. The molecule has 1 amide bonds. The van der Waals surface area contributed by atoms with Crippen LogP contribution in [0.5, 0.6) is 5.75 Å². The van der Waals surface area contributed by atoms with Crippen molar-refractivity contribution in [1.82, 2.24) is 20.4 Å². The maximum Gasteiger partial charge on any atom is 0.409 e. The molecule has 1 fully saturated rings. The minimum Gasteiger partial charge on any atom is -0.494 e. The van der Waals surface area contributed by atoms with E-state index in [1.807, 2.05) is 19.1 Å². The number of piperidine rings is 1. The summed E-state index contributed by atoms with van der Waals surface area (Å²) in [5.41, 5.74) is 1.16. The average molecular weight is 547 g/mol. The van der Waals surface area contributed by atoms with Gasteiger partial charge in [-0.1, -0.05) is 12.1 Å². The summed E-state index contributed by atoms with van der Waals surface area (Å²) in [7, 11) is 5.90. The molecule has 0 aromatic heterocycles. The summed E-state index contributed by atoms with van der Waals surface area (Å²) in [5, 5.41) is 6.81. The Balaban J connectivity index is 0.00000480. The van der Waals surface area contributed by atoms with Gasteiger partial charge in [0.2, 0.25) is 0 Å². The number of benzene rings is 1. The fourth-order valence-electron chi connectivity index (χ4n) is 3.27. The highest BCUT2D eigenvalue weighted by Gasteiger charge is 2.23. The zero-order valence-corrected chi connectivity index (χ0v) is 21.6. The smallest absolute Gasteiger partial charge is 0.409 e.